The van der Waals surface area contributed by atoms with Gasteiger partial charge in [0.2, 0.25) is 5.89 Å². The number of aryl methyl sites for hydroxylation is 2. The van der Waals surface area contributed by atoms with E-state index in [2.05, 4.69) is 10.1 Å². The lowest BCUT2D eigenvalue weighted by Crippen LogP contribution is -1.99. The van der Waals surface area contributed by atoms with E-state index < -0.39 is 5.97 Å². The summed E-state index contributed by atoms with van der Waals surface area (Å²) in [5.41, 5.74) is 2.96. The van der Waals surface area contributed by atoms with Crippen LogP contribution >= 0.6 is 0 Å². The van der Waals surface area contributed by atoms with Crippen molar-refractivity contribution in [1.82, 2.24) is 14.8 Å². The Bertz CT molecular complexity index is 801. The highest BCUT2D eigenvalue weighted by Crippen LogP contribution is 2.25. The van der Waals surface area contributed by atoms with E-state index in [1.807, 2.05) is 19.9 Å². The zero-order valence-electron chi connectivity index (χ0n) is 11.1. The molecule has 3 aromatic rings. The largest absolute Gasteiger partial charge is 0.478 e. The maximum Gasteiger partial charge on any atom is 0.335 e. The van der Waals surface area contributed by atoms with Gasteiger partial charge in [-0.1, -0.05) is 0 Å². The number of nitrogens with zero attached hydrogens (tertiary/aromatic N) is 3. The number of carboxylic acids is 1. The van der Waals surface area contributed by atoms with Crippen molar-refractivity contribution in [2.45, 2.75) is 20.4 Å². The van der Waals surface area contributed by atoms with Crippen LogP contribution in [0.15, 0.2) is 28.7 Å². The van der Waals surface area contributed by atoms with Gasteiger partial charge in [0.05, 0.1) is 11.3 Å². The standard InChI is InChI=1S/C14H13N3O3/c1-3-17-11(6-8(2)16-17)13-15-10-7-9(14(18)19)4-5-12(10)20-13/h4-7H,3H2,1-2H3,(H,18,19). The lowest BCUT2D eigenvalue weighted by molar-refractivity contribution is 0.0697. The van der Waals surface area contributed by atoms with Gasteiger partial charge in [0.15, 0.2) is 5.58 Å². The number of carbonyl (C=O) groups is 1. The van der Waals surface area contributed by atoms with Crippen molar-refractivity contribution >= 4 is 17.1 Å². The molecule has 2 aromatic heterocycles. The number of aromatic carboxylic acids is 1. The maximum absolute atomic E-state index is 11.0. The van der Waals surface area contributed by atoms with Gasteiger partial charge in [-0.3, -0.25) is 4.68 Å². The lowest BCUT2D eigenvalue weighted by atomic mass is 10.2. The van der Waals surface area contributed by atoms with Crippen LogP contribution in [0, 0.1) is 6.92 Å². The minimum atomic E-state index is -0.981. The second-order valence-corrected chi connectivity index (χ2v) is 4.49. The second kappa shape index (κ2) is 4.48. The third-order valence-electron chi connectivity index (χ3n) is 3.06. The van der Waals surface area contributed by atoms with Gasteiger partial charge in [-0.05, 0) is 38.1 Å². The number of hydrogen-bond acceptors (Lipinski definition) is 4. The van der Waals surface area contributed by atoms with E-state index in [0.717, 1.165) is 11.4 Å². The Morgan fingerprint density at radius 2 is 2.20 bits per heavy atom. The summed E-state index contributed by atoms with van der Waals surface area (Å²) in [6.07, 6.45) is 0. The molecular formula is C14H13N3O3. The van der Waals surface area contributed by atoms with Crippen LogP contribution in [0.25, 0.3) is 22.7 Å². The fourth-order valence-corrected chi connectivity index (χ4v) is 2.13. The van der Waals surface area contributed by atoms with Crippen molar-refractivity contribution < 1.29 is 14.3 Å². The first-order valence-electron chi connectivity index (χ1n) is 6.27. The molecule has 0 aliphatic rings. The van der Waals surface area contributed by atoms with Gasteiger partial charge in [-0.2, -0.15) is 5.10 Å². The van der Waals surface area contributed by atoms with E-state index >= 15 is 0 Å². The number of fused-ring (bicyclic) bond motifs is 1. The van der Waals surface area contributed by atoms with E-state index in [1.54, 1.807) is 10.7 Å². The molecule has 0 aliphatic carbocycles. The molecule has 0 atom stereocenters. The van der Waals surface area contributed by atoms with Crippen molar-refractivity contribution in [1.29, 1.82) is 0 Å². The first-order valence-corrected chi connectivity index (χ1v) is 6.27. The first-order chi connectivity index (χ1) is 9.58. The zero-order chi connectivity index (χ0) is 14.3. The summed E-state index contributed by atoms with van der Waals surface area (Å²) in [5, 5.41) is 13.3. The van der Waals surface area contributed by atoms with Crippen LogP contribution in [0.1, 0.15) is 23.0 Å². The number of hydrogen-bond donors (Lipinski definition) is 1. The van der Waals surface area contributed by atoms with Gasteiger partial charge < -0.3 is 9.52 Å². The third-order valence-corrected chi connectivity index (χ3v) is 3.06. The van der Waals surface area contributed by atoms with E-state index in [-0.39, 0.29) is 5.56 Å². The molecule has 102 valence electrons. The topological polar surface area (TPSA) is 81.2 Å². The van der Waals surface area contributed by atoms with Gasteiger partial charge in [0.25, 0.3) is 0 Å². The Balaban J connectivity index is 2.15. The first kappa shape index (κ1) is 12.4. The fraction of sp³-hybridized carbons (Fsp3) is 0.214. The molecular weight excluding hydrogens is 258 g/mol. The highest BCUT2D eigenvalue weighted by atomic mass is 16.4. The maximum atomic E-state index is 11.0. The van der Waals surface area contributed by atoms with Crippen LogP contribution in [-0.2, 0) is 6.54 Å². The van der Waals surface area contributed by atoms with E-state index in [0.29, 0.717) is 23.5 Å². The number of benzene rings is 1. The van der Waals surface area contributed by atoms with Crippen molar-refractivity contribution in [2.24, 2.45) is 0 Å². The van der Waals surface area contributed by atoms with Gasteiger partial charge in [-0.25, -0.2) is 9.78 Å². The van der Waals surface area contributed by atoms with Gasteiger partial charge in [-0.15, -0.1) is 0 Å². The van der Waals surface area contributed by atoms with Crippen LogP contribution < -0.4 is 0 Å². The number of oxazole rings is 1. The highest BCUT2D eigenvalue weighted by Gasteiger charge is 2.15. The minimum Gasteiger partial charge on any atom is -0.478 e. The van der Waals surface area contributed by atoms with Gasteiger partial charge in [0, 0.05) is 6.54 Å². The summed E-state index contributed by atoms with van der Waals surface area (Å²) in [4.78, 5) is 15.3. The van der Waals surface area contributed by atoms with Gasteiger partial charge >= 0.3 is 5.97 Å². The molecule has 0 bridgehead atoms. The van der Waals surface area contributed by atoms with Gasteiger partial charge in [0.1, 0.15) is 11.2 Å². The molecule has 0 aliphatic heterocycles. The third kappa shape index (κ3) is 1.95. The molecule has 0 radical (unpaired) electrons. The number of rotatable bonds is 3. The smallest absolute Gasteiger partial charge is 0.335 e. The van der Waals surface area contributed by atoms with Crippen LogP contribution in [0.4, 0.5) is 0 Å². The van der Waals surface area contributed by atoms with Crippen LogP contribution in [0.3, 0.4) is 0 Å². The lowest BCUT2D eigenvalue weighted by Gasteiger charge is -1.98. The van der Waals surface area contributed by atoms with Crippen molar-refractivity contribution in [3.63, 3.8) is 0 Å². The molecule has 6 nitrogen and oxygen atoms in total. The molecule has 2 heterocycles. The van der Waals surface area contributed by atoms with Crippen molar-refractivity contribution in [3.05, 3.63) is 35.5 Å². The number of aromatic nitrogens is 3. The van der Waals surface area contributed by atoms with Crippen LogP contribution in [-0.4, -0.2) is 25.8 Å². The average Bonchev–Trinajstić information content (AvgIpc) is 3.00. The van der Waals surface area contributed by atoms with E-state index in [4.69, 9.17) is 9.52 Å². The molecule has 0 saturated heterocycles. The van der Waals surface area contributed by atoms with Crippen molar-refractivity contribution in [2.75, 3.05) is 0 Å². The number of carboxylic acid groups (broad SMARTS) is 1. The fourth-order valence-electron chi connectivity index (χ4n) is 2.13. The minimum absolute atomic E-state index is 0.192. The average molecular weight is 271 g/mol. The molecule has 1 N–H and O–H groups in total. The Morgan fingerprint density at radius 3 is 2.90 bits per heavy atom. The predicted octanol–water partition coefficient (Wildman–Crippen LogP) is 2.72. The quantitative estimate of drug-likeness (QED) is 0.792. The normalized spacial score (nSPS) is 11.1. The summed E-state index contributed by atoms with van der Waals surface area (Å²) in [7, 11) is 0. The molecule has 0 fully saturated rings. The molecule has 6 heteroatoms. The Morgan fingerprint density at radius 1 is 1.40 bits per heavy atom. The summed E-state index contributed by atoms with van der Waals surface area (Å²) in [5.74, 6) is -0.532. The monoisotopic (exact) mass is 271 g/mol. The zero-order valence-corrected chi connectivity index (χ0v) is 11.1. The summed E-state index contributed by atoms with van der Waals surface area (Å²) in [6.45, 7) is 4.60. The predicted molar refractivity (Wildman–Crippen MR) is 72.6 cm³/mol. The molecule has 1 aromatic carbocycles. The summed E-state index contributed by atoms with van der Waals surface area (Å²) >= 11 is 0. The summed E-state index contributed by atoms with van der Waals surface area (Å²) < 4.78 is 7.48. The van der Waals surface area contributed by atoms with Crippen LogP contribution in [0.5, 0.6) is 0 Å². The molecule has 20 heavy (non-hydrogen) atoms. The Labute approximate surface area is 114 Å². The van der Waals surface area contributed by atoms with E-state index in [9.17, 15) is 4.79 Å². The molecule has 0 unspecified atom stereocenters. The Kier molecular flexibility index (Phi) is 2.78. The van der Waals surface area contributed by atoms with Crippen LogP contribution in [0.2, 0.25) is 0 Å². The molecule has 0 amide bonds. The Hall–Kier alpha value is -2.63. The molecule has 0 saturated carbocycles. The highest BCUT2D eigenvalue weighted by molar-refractivity contribution is 5.92. The van der Waals surface area contributed by atoms with E-state index in [1.165, 1.54) is 12.1 Å². The van der Waals surface area contributed by atoms with Crippen molar-refractivity contribution in [3.8, 4) is 11.6 Å². The molecule has 0 spiro atoms. The SMILES string of the molecule is CCn1nc(C)cc1-c1nc2cc(C(=O)O)ccc2o1. The second-order valence-electron chi connectivity index (χ2n) is 4.49. The molecule has 3 rings (SSSR count). The summed E-state index contributed by atoms with van der Waals surface area (Å²) in [6, 6.07) is 6.52.